The molecule has 3 rings (SSSR count). The second kappa shape index (κ2) is 9.59. The van der Waals surface area contributed by atoms with E-state index in [2.05, 4.69) is 16.4 Å². The number of nitrogens with one attached hydrogen (secondary N) is 1. The average Bonchev–Trinajstić information content (AvgIpc) is 3.18. The van der Waals surface area contributed by atoms with E-state index in [1.54, 1.807) is 56.3 Å². The molecule has 0 atom stereocenters. The molecule has 1 amide bonds. The fourth-order valence-electron chi connectivity index (χ4n) is 2.91. The fourth-order valence-corrected chi connectivity index (χ4v) is 2.91. The molecule has 31 heavy (non-hydrogen) atoms. The minimum Gasteiger partial charge on any atom is -0.465 e. The summed E-state index contributed by atoms with van der Waals surface area (Å²) in [6.45, 7) is 4.77. The Morgan fingerprint density at radius 2 is 1.94 bits per heavy atom. The van der Waals surface area contributed by atoms with E-state index >= 15 is 0 Å². The molecular weight excluding hydrogens is 398 g/mol. The standard InChI is InChI=1S/C23H21N3O5/c1-4-29-22(28)13-30-23-19(12-24)18(21-10-5-14(2)31-21)11-20(26-23)16-6-8-17(9-7-16)25-15(3)27/h5-11H,4,13H2,1-3H3,(H,25,27). The van der Waals surface area contributed by atoms with Gasteiger partial charge in [-0.1, -0.05) is 12.1 Å². The van der Waals surface area contributed by atoms with Gasteiger partial charge >= 0.3 is 5.97 Å². The van der Waals surface area contributed by atoms with E-state index in [4.69, 9.17) is 13.9 Å². The van der Waals surface area contributed by atoms with Gasteiger partial charge in [0.15, 0.2) is 6.61 Å². The Bertz CT molecular complexity index is 1140. The second-order valence-corrected chi connectivity index (χ2v) is 6.61. The number of pyridine rings is 1. The molecule has 2 aromatic heterocycles. The maximum atomic E-state index is 11.7. The molecule has 0 bridgehead atoms. The van der Waals surface area contributed by atoms with Crippen LogP contribution in [-0.4, -0.2) is 30.1 Å². The zero-order chi connectivity index (χ0) is 22.4. The maximum absolute atomic E-state index is 11.7. The monoisotopic (exact) mass is 419 g/mol. The quantitative estimate of drug-likeness (QED) is 0.574. The second-order valence-electron chi connectivity index (χ2n) is 6.61. The van der Waals surface area contributed by atoms with E-state index in [1.807, 2.05) is 0 Å². The molecule has 0 saturated carbocycles. The van der Waals surface area contributed by atoms with Gasteiger partial charge in [-0.2, -0.15) is 5.26 Å². The summed E-state index contributed by atoms with van der Waals surface area (Å²) in [6, 6.07) is 14.4. The van der Waals surface area contributed by atoms with Gasteiger partial charge in [0.1, 0.15) is 23.2 Å². The summed E-state index contributed by atoms with van der Waals surface area (Å²) in [6.07, 6.45) is 0. The lowest BCUT2D eigenvalue weighted by Gasteiger charge is -2.12. The zero-order valence-electron chi connectivity index (χ0n) is 17.4. The summed E-state index contributed by atoms with van der Waals surface area (Å²) < 4.78 is 16.1. The summed E-state index contributed by atoms with van der Waals surface area (Å²) in [5, 5.41) is 12.5. The number of amides is 1. The van der Waals surface area contributed by atoms with Gasteiger partial charge in [0.2, 0.25) is 11.8 Å². The van der Waals surface area contributed by atoms with Crippen LogP contribution in [0.5, 0.6) is 5.88 Å². The fraction of sp³-hybridized carbons (Fsp3) is 0.217. The van der Waals surface area contributed by atoms with E-state index in [0.29, 0.717) is 28.5 Å². The molecule has 8 nitrogen and oxygen atoms in total. The highest BCUT2D eigenvalue weighted by Gasteiger charge is 2.19. The third-order valence-corrected chi connectivity index (χ3v) is 4.24. The van der Waals surface area contributed by atoms with Crippen molar-refractivity contribution in [3.63, 3.8) is 0 Å². The Morgan fingerprint density at radius 3 is 2.52 bits per heavy atom. The highest BCUT2D eigenvalue weighted by molar-refractivity contribution is 5.89. The van der Waals surface area contributed by atoms with Crippen LogP contribution in [0.2, 0.25) is 0 Å². The molecule has 1 N–H and O–H groups in total. The Hall–Kier alpha value is -4.12. The van der Waals surface area contributed by atoms with Crippen molar-refractivity contribution < 1.29 is 23.5 Å². The molecular formula is C23H21N3O5. The predicted octanol–water partition coefficient (Wildman–Crippen LogP) is 4.09. The van der Waals surface area contributed by atoms with E-state index in [9.17, 15) is 14.9 Å². The first-order valence-corrected chi connectivity index (χ1v) is 9.59. The molecule has 0 saturated heterocycles. The van der Waals surface area contributed by atoms with Gasteiger partial charge in [-0.25, -0.2) is 9.78 Å². The molecule has 158 valence electrons. The number of aromatic nitrogens is 1. The Kier molecular flexibility index (Phi) is 6.67. The highest BCUT2D eigenvalue weighted by Crippen LogP contribution is 2.34. The van der Waals surface area contributed by atoms with Crippen LogP contribution < -0.4 is 10.1 Å². The number of hydrogen-bond acceptors (Lipinski definition) is 7. The molecule has 1 aromatic carbocycles. The van der Waals surface area contributed by atoms with Crippen LogP contribution in [0, 0.1) is 18.3 Å². The average molecular weight is 419 g/mol. The molecule has 2 heterocycles. The molecule has 0 radical (unpaired) electrons. The normalized spacial score (nSPS) is 10.3. The maximum Gasteiger partial charge on any atom is 0.344 e. The molecule has 0 spiro atoms. The van der Waals surface area contributed by atoms with Gasteiger partial charge in [-0.15, -0.1) is 0 Å². The van der Waals surface area contributed by atoms with Crippen molar-refractivity contribution in [3.05, 3.63) is 53.8 Å². The van der Waals surface area contributed by atoms with Gasteiger partial charge < -0.3 is 19.2 Å². The summed E-state index contributed by atoms with van der Waals surface area (Å²) in [5.74, 6) is 0.436. The number of nitriles is 1. The lowest BCUT2D eigenvalue weighted by Crippen LogP contribution is -2.16. The largest absolute Gasteiger partial charge is 0.465 e. The SMILES string of the molecule is CCOC(=O)COc1nc(-c2ccc(NC(C)=O)cc2)cc(-c2ccc(C)o2)c1C#N. The minimum atomic E-state index is -0.561. The lowest BCUT2D eigenvalue weighted by molar-refractivity contribution is -0.145. The summed E-state index contributed by atoms with van der Waals surface area (Å²) in [5.41, 5.74) is 2.52. The first-order valence-electron chi connectivity index (χ1n) is 9.59. The molecule has 0 aliphatic heterocycles. The number of rotatable bonds is 7. The number of esters is 1. The van der Waals surface area contributed by atoms with Gasteiger partial charge in [0, 0.05) is 23.7 Å². The number of carbonyl (C=O) groups is 2. The topological polar surface area (TPSA) is 114 Å². The van der Waals surface area contributed by atoms with Gasteiger partial charge in [0.05, 0.1) is 12.3 Å². The smallest absolute Gasteiger partial charge is 0.344 e. The number of aryl methyl sites for hydroxylation is 1. The van der Waals surface area contributed by atoms with Crippen LogP contribution in [-0.2, 0) is 14.3 Å². The Balaban J connectivity index is 2.06. The van der Waals surface area contributed by atoms with Crippen molar-refractivity contribution in [2.75, 3.05) is 18.5 Å². The van der Waals surface area contributed by atoms with Gasteiger partial charge in [-0.05, 0) is 44.2 Å². The molecule has 0 fully saturated rings. The predicted molar refractivity (Wildman–Crippen MR) is 113 cm³/mol. The summed E-state index contributed by atoms with van der Waals surface area (Å²) in [4.78, 5) is 27.4. The number of carbonyl (C=O) groups excluding carboxylic acids is 2. The van der Waals surface area contributed by atoms with Crippen molar-refractivity contribution in [2.24, 2.45) is 0 Å². The van der Waals surface area contributed by atoms with Crippen LogP contribution >= 0.6 is 0 Å². The number of ether oxygens (including phenoxy) is 2. The first-order chi connectivity index (χ1) is 14.9. The minimum absolute atomic E-state index is 0.00282. The van der Waals surface area contributed by atoms with Crippen LogP contribution in [0.3, 0.4) is 0 Å². The van der Waals surface area contributed by atoms with Crippen LogP contribution in [0.15, 0.2) is 46.9 Å². The van der Waals surface area contributed by atoms with E-state index in [-0.39, 0.29) is 30.6 Å². The van der Waals surface area contributed by atoms with Crippen molar-refractivity contribution in [1.29, 1.82) is 5.26 Å². The Morgan fingerprint density at radius 1 is 1.19 bits per heavy atom. The third kappa shape index (κ3) is 5.28. The Labute approximate surface area is 179 Å². The summed E-state index contributed by atoms with van der Waals surface area (Å²) >= 11 is 0. The third-order valence-electron chi connectivity index (χ3n) is 4.24. The number of benzene rings is 1. The summed E-state index contributed by atoms with van der Waals surface area (Å²) in [7, 11) is 0. The van der Waals surface area contributed by atoms with E-state index in [1.165, 1.54) is 6.92 Å². The number of furan rings is 1. The van der Waals surface area contributed by atoms with Crippen LogP contribution in [0.25, 0.3) is 22.6 Å². The van der Waals surface area contributed by atoms with Crippen molar-refractivity contribution in [1.82, 2.24) is 4.98 Å². The molecule has 0 unspecified atom stereocenters. The zero-order valence-corrected chi connectivity index (χ0v) is 17.4. The van der Waals surface area contributed by atoms with Crippen molar-refractivity contribution >= 4 is 17.6 Å². The van der Waals surface area contributed by atoms with Gasteiger partial charge in [-0.3, -0.25) is 4.79 Å². The van der Waals surface area contributed by atoms with Crippen LogP contribution in [0.1, 0.15) is 25.2 Å². The molecule has 0 aliphatic carbocycles. The van der Waals surface area contributed by atoms with Gasteiger partial charge in [0.25, 0.3) is 0 Å². The van der Waals surface area contributed by atoms with E-state index in [0.717, 1.165) is 5.56 Å². The number of anilines is 1. The first kappa shape index (κ1) is 21.6. The number of hydrogen-bond donors (Lipinski definition) is 1. The number of nitrogens with zero attached hydrogens (tertiary/aromatic N) is 2. The molecule has 0 aliphatic rings. The van der Waals surface area contributed by atoms with E-state index < -0.39 is 5.97 Å². The highest BCUT2D eigenvalue weighted by atomic mass is 16.6. The van der Waals surface area contributed by atoms with Crippen molar-refractivity contribution in [3.8, 4) is 34.5 Å². The molecule has 8 heteroatoms. The van der Waals surface area contributed by atoms with Crippen molar-refractivity contribution in [2.45, 2.75) is 20.8 Å². The molecule has 3 aromatic rings. The van der Waals surface area contributed by atoms with Crippen LogP contribution in [0.4, 0.5) is 5.69 Å². The lowest BCUT2D eigenvalue weighted by atomic mass is 10.0.